The van der Waals surface area contributed by atoms with Gasteiger partial charge in [0, 0.05) is 11.1 Å². The number of carbonyl (C=O) groups is 5. The second-order valence-electron chi connectivity index (χ2n) is 7.59. The van der Waals surface area contributed by atoms with Gasteiger partial charge in [-0.1, -0.05) is 48.0 Å². The molecule has 36 heavy (non-hydrogen) atoms. The van der Waals surface area contributed by atoms with E-state index in [1.54, 1.807) is 0 Å². The standard InChI is InChI=1S/C21H29Cl3N2O10/c1-13(2)15(27)32-8-6-25-18(30)35-10-20(5,17(29)34-12-21(22,23)24)11-36-19(31)26-7-9-33-16(28)14(3)4/h1,3,6-12H2,2,4-5H3,(H,25,30)(H,26,31). The van der Waals surface area contributed by atoms with E-state index in [9.17, 15) is 24.0 Å². The van der Waals surface area contributed by atoms with Crippen LogP contribution in [0.15, 0.2) is 24.3 Å². The van der Waals surface area contributed by atoms with Crippen LogP contribution in [-0.2, 0) is 38.1 Å². The Labute approximate surface area is 223 Å². The highest BCUT2D eigenvalue weighted by Crippen LogP contribution is 2.28. The Balaban J connectivity index is 4.83. The maximum absolute atomic E-state index is 12.6. The number of rotatable bonds is 14. The number of alkyl carbamates (subject to hydrolysis) is 2. The molecule has 2 amide bonds. The van der Waals surface area contributed by atoms with Gasteiger partial charge in [0.2, 0.25) is 3.79 Å². The number of hydrogen-bond donors (Lipinski definition) is 2. The average molecular weight is 576 g/mol. The summed E-state index contributed by atoms with van der Waals surface area (Å²) < 4.78 is 22.7. The van der Waals surface area contributed by atoms with Crippen LogP contribution in [0.3, 0.4) is 0 Å². The Morgan fingerprint density at radius 1 is 0.694 bits per heavy atom. The third-order valence-corrected chi connectivity index (χ3v) is 4.14. The summed E-state index contributed by atoms with van der Waals surface area (Å²) in [6, 6.07) is 0. The first-order chi connectivity index (χ1) is 16.6. The minimum absolute atomic E-state index is 0.0822. The Morgan fingerprint density at radius 3 is 1.42 bits per heavy atom. The molecule has 0 atom stereocenters. The second-order valence-corrected chi connectivity index (χ2v) is 10.1. The lowest BCUT2D eigenvalue weighted by molar-refractivity contribution is -0.160. The molecule has 0 aliphatic carbocycles. The summed E-state index contributed by atoms with van der Waals surface area (Å²) in [6.07, 6.45) is -1.91. The number of ether oxygens (including phenoxy) is 5. The molecule has 0 spiro atoms. The van der Waals surface area contributed by atoms with E-state index in [0.29, 0.717) is 0 Å². The zero-order valence-electron chi connectivity index (χ0n) is 20.1. The molecule has 0 unspecified atom stereocenters. The normalized spacial score (nSPS) is 10.9. The van der Waals surface area contributed by atoms with E-state index in [-0.39, 0.29) is 37.4 Å². The molecule has 0 fully saturated rings. The minimum Gasteiger partial charge on any atom is -0.461 e. The molecule has 0 heterocycles. The van der Waals surface area contributed by atoms with Gasteiger partial charge in [0.05, 0.1) is 13.1 Å². The number of nitrogens with one attached hydrogen (secondary N) is 2. The predicted octanol–water partition coefficient (Wildman–Crippen LogP) is 2.60. The molecule has 0 aromatic rings. The molecule has 2 N–H and O–H groups in total. The molecule has 0 aliphatic heterocycles. The number of hydrogen-bond acceptors (Lipinski definition) is 10. The summed E-state index contributed by atoms with van der Waals surface area (Å²) >= 11 is 16.8. The third-order valence-electron chi connectivity index (χ3n) is 3.81. The van der Waals surface area contributed by atoms with Crippen molar-refractivity contribution in [2.75, 3.05) is 46.1 Å². The quantitative estimate of drug-likeness (QED) is 0.104. The van der Waals surface area contributed by atoms with Gasteiger partial charge in [0.25, 0.3) is 0 Å². The fourth-order valence-corrected chi connectivity index (χ4v) is 2.04. The fourth-order valence-electron chi connectivity index (χ4n) is 1.87. The van der Waals surface area contributed by atoms with Gasteiger partial charge in [-0.3, -0.25) is 4.79 Å². The van der Waals surface area contributed by atoms with Gasteiger partial charge in [0.1, 0.15) is 38.4 Å². The van der Waals surface area contributed by atoms with Crippen molar-refractivity contribution in [3.05, 3.63) is 24.3 Å². The van der Waals surface area contributed by atoms with Crippen molar-refractivity contribution in [3.8, 4) is 0 Å². The van der Waals surface area contributed by atoms with E-state index in [4.69, 9.17) is 58.5 Å². The molecule has 0 saturated carbocycles. The van der Waals surface area contributed by atoms with Gasteiger partial charge in [-0.05, 0) is 20.8 Å². The van der Waals surface area contributed by atoms with Crippen molar-refractivity contribution in [2.45, 2.75) is 24.6 Å². The van der Waals surface area contributed by atoms with Crippen molar-refractivity contribution >= 4 is 64.9 Å². The Bertz CT molecular complexity index is 792. The van der Waals surface area contributed by atoms with E-state index in [2.05, 4.69) is 23.8 Å². The highest BCUT2D eigenvalue weighted by molar-refractivity contribution is 6.67. The lowest BCUT2D eigenvalue weighted by Crippen LogP contribution is -2.43. The van der Waals surface area contributed by atoms with Crippen molar-refractivity contribution in [3.63, 3.8) is 0 Å². The monoisotopic (exact) mass is 574 g/mol. The third kappa shape index (κ3) is 15.3. The van der Waals surface area contributed by atoms with Gasteiger partial charge in [-0.15, -0.1) is 0 Å². The first kappa shape index (κ1) is 33.3. The summed E-state index contributed by atoms with van der Waals surface area (Å²) in [5.41, 5.74) is -1.30. The lowest BCUT2D eigenvalue weighted by Gasteiger charge is -2.27. The summed E-state index contributed by atoms with van der Waals surface area (Å²) in [5, 5.41) is 4.62. The van der Waals surface area contributed by atoms with Crippen LogP contribution in [0.1, 0.15) is 20.8 Å². The summed E-state index contributed by atoms with van der Waals surface area (Å²) in [5.74, 6) is -2.24. The van der Waals surface area contributed by atoms with Crippen molar-refractivity contribution in [2.24, 2.45) is 5.41 Å². The number of esters is 3. The SMILES string of the molecule is C=C(C)C(=O)OCCNC(=O)OCC(C)(COC(=O)NCCOC(=O)C(=C)C)C(=O)OCC(Cl)(Cl)Cl. The molecule has 0 bridgehead atoms. The van der Waals surface area contributed by atoms with Gasteiger partial charge in [0.15, 0.2) is 0 Å². The topological polar surface area (TPSA) is 156 Å². The highest BCUT2D eigenvalue weighted by Gasteiger charge is 2.40. The highest BCUT2D eigenvalue weighted by atomic mass is 35.6. The van der Waals surface area contributed by atoms with Crippen LogP contribution in [0.25, 0.3) is 0 Å². The molecule has 204 valence electrons. The molecule has 0 aromatic carbocycles. The first-order valence-electron chi connectivity index (χ1n) is 10.3. The predicted molar refractivity (Wildman–Crippen MR) is 130 cm³/mol. The molecule has 0 aliphatic rings. The van der Waals surface area contributed by atoms with Crippen molar-refractivity contribution < 1.29 is 47.7 Å². The smallest absolute Gasteiger partial charge is 0.407 e. The van der Waals surface area contributed by atoms with Crippen molar-refractivity contribution in [1.29, 1.82) is 0 Å². The molecule has 12 nitrogen and oxygen atoms in total. The van der Waals surface area contributed by atoms with Gasteiger partial charge in [-0.25, -0.2) is 19.2 Å². The van der Waals surface area contributed by atoms with Crippen LogP contribution in [0.4, 0.5) is 9.59 Å². The summed E-state index contributed by atoms with van der Waals surface area (Å²) in [6.45, 7) is 8.80. The van der Waals surface area contributed by atoms with Gasteiger partial charge >= 0.3 is 30.1 Å². The van der Waals surface area contributed by atoms with E-state index >= 15 is 0 Å². The van der Waals surface area contributed by atoms with Gasteiger partial charge in [-0.2, -0.15) is 0 Å². The van der Waals surface area contributed by atoms with E-state index in [0.717, 1.165) is 0 Å². The van der Waals surface area contributed by atoms with E-state index in [1.807, 2.05) is 0 Å². The number of carbonyl (C=O) groups excluding carboxylic acids is 5. The van der Waals surface area contributed by atoms with Crippen LogP contribution in [-0.4, -0.2) is 80.0 Å². The molecule has 15 heteroatoms. The zero-order valence-corrected chi connectivity index (χ0v) is 22.3. The van der Waals surface area contributed by atoms with E-state index < -0.39 is 59.1 Å². The van der Waals surface area contributed by atoms with Gasteiger partial charge < -0.3 is 34.3 Å². The summed E-state index contributed by atoms with van der Waals surface area (Å²) in [4.78, 5) is 59.1. The molecule has 0 radical (unpaired) electrons. The maximum atomic E-state index is 12.6. The maximum Gasteiger partial charge on any atom is 0.407 e. The van der Waals surface area contributed by atoms with Crippen LogP contribution in [0.5, 0.6) is 0 Å². The Hall–Kier alpha value is -2.70. The lowest BCUT2D eigenvalue weighted by atomic mass is 9.93. The molecular weight excluding hydrogens is 547 g/mol. The fraction of sp³-hybridized carbons (Fsp3) is 0.571. The molecular formula is C21H29Cl3N2O10. The molecule has 0 aromatic heterocycles. The van der Waals surface area contributed by atoms with Crippen LogP contribution < -0.4 is 10.6 Å². The van der Waals surface area contributed by atoms with Crippen LogP contribution >= 0.6 is 34.8 Å². The first-order valence-corrected chi connectivity index (χ1v) is 11.4. The average Bonchev–Trinajstić information content (AvgIpc) is 2.79. The summed E-state index contributed by atoms with van der Waals surface area (Å²) in [7, 11) is 0. The number of alkyl halides is 3. The van der Waals surface area contributed by atoms with E-state index in [1.165, 1.54) is 20.8 Å². The van der Waals surface area contributed by atoms with Crippen molar-refractivity contribution in [1.82, 2.24) is 10.6 Å². The Morgan fingerprint density at radius 2 is 1.08 bits per heavy atom. The van der Waals surface area contributed by atoms with Crippen LogP contribution in [0, 0.1) is 5.41 Å². The number of amides is 2. The zero-order chi connectivity index (χ0) is 27.9. The minimum atomic E-state index is -1.91. The van der Waals surface area contributed by atoms with Crippen LogP contribution in [0.2, 0.25) is 0 Å². The Kier molecular flexibility index (Phi) is 14.9. The number of halogens is 3. The second kappa shape index (κ2) is 16.1. The molecule has 0 rings (SSSR count). The molecule has 0 saturated heterocycles. The largest absolute Gasteiger partial charge is 0.461 e.